The zero-order chi connectivity index (χ0) is 27.6. The van der Waals surface area contributed by atoms with Crippen molar-refractivity contribution in [2.45, 2.75) is 12.8 Å². The summed E-state index contributed by atoms with van der Waals surface area (Å²) in [4.78, 5) is 43.9. The van der Waals surface area contributed by atoms with Gasteiger partial charge < -0.3 is 19.4 Å². The number of hydrogen-bond donors (Lipinski definition) is 0. The Bertz CT molecular complexity index is 1470. The standard InChI is InChI=1S/C31H31N5O4/c1-34-14-16-35(17-15-34)29(38)20-40-24-11-10-22-12-13-36(27(22)19-24)28(37)18-21-6-8-23(9-7-21)30-25-4-2-3-5-26(25)31(39)33-32-30/h2-11,19,26H,12-18,20H2,1H3. The molecular formula is C31H31N5O4. The second-order valence-corrected chi connectivity index (χ2v) is 10.5. The van der Waals surface area contributed by atoms with Crippen LogP contribution < -0.4 is 9.64 Å². The van der Waals surface area contributed by atoms with Crippen molar-refractivity contribution in [1.29, 1.82) is 0 Å². The number of hydrogen-bond acceptors (Lipinski definition) is 6. The van der Waals surface area contributed by atoms with E-state index in [9.17, 15) is 14.4 Å². The quantitative estimate of drug-likeness (QED) is 0.563. The fraction of sp³-hybridized carbons (Fsp3) is 0.323. The highest BCUT2D eigenvalue weighted by atomic mass is 16.5. The third-order valence-electron chi connectivity index (χ3n) is 7.87. The third-order valence-corrected chi connectivity index (χ3v) is 7.87. The number of nitrogens with zero attached hydrogens (tertiary/aromatic N) is 5. The average Bonchev–Trinajstić information content (AvgIpc) is 3.41. The maximum Gasteiger partial charge on any atom is 0.276 e. The topological polar surface area (TPSA) is 94.9 Å². The molecule has 0 radical (unpaired) electrons. The van der Waals surface area contributed by atoms with Crippen LogP contribution in [0.25, 0.3) is 5.70 Å². The Labute approximate surface area is 233 Å². The van der Waals surface area contributed by atoms with E-state index in [1.165, 1.54) is 0 Å². The van der Waals surface area contributed by atoms with E-state index in [4.69, 9.17) is 4.74 Å². The second kappa shape index (κ2) is 11.0. The highest BCUT2D eigenvalue weighted by molar-refractivity contribution is 5.97. The molecular weight excluding hydrogens is 506 g/mol. The minimum atomic E-state index is -0.396. The van der Waals surface area contributed by atoms with Crippen molar-refractivity contribution in [1.82, 2.24) is 9.80 Å². The summed E-state index contributed by atoms with van der Waals surface area (Å²) in [7, 11) is 2.05. The van der Waals surface area contributed by atoms with Crippen LogP contribution >= 0.6 is 0 Å². The van der Waals surface area contributed by atoms with Crippen LogP contribution in [0.5, 0.6) is 5.75 Å². The predicted molar refractivity (Wildman–Crippen MR) is 151 cm³/mol. The summed E-state index contributed by atoms with van der Waals surface area (Å²) >= 11 is 0. The van der Waals surface area contributed by atoms with Crippen LogP contribution in [-0.2, 0) is 27.2 Å². The monoisotopic (exact) mass is 537 g/mol. The van der Waals surface area contributed by atoms with E-state index >= 15 is 0 Å². The van der Waals surface area contributed by atoms with Crippen LogP contribution in [0, 0.1) is 5.92 Å². The van der Waals surface area contributed by atoms with Crippen molar-refractivity contribution >= 4 is 29.1 Å². The third kappa shape index (κ3) is 5.24. The smallest absolute Gasteiger partial charge is 0.276 e. The number of fused-ring (bicyclic) bond motifs is 2. The summed E-state index contributed by atoms with van der Waals surface area (Å²) in [5.74, 6) is -0.0860. The summed E-state index contributed by atoms with van der Waals surface area (Å²) in [6, 6.07) is 13.4. The molecule has 1 aliphatic carbocycles. The van der Waals surface area contributed by atoms with Gasteiger partial charge >= 0.3 is 0 Å². The van der Waals surface area contributed by atoms with E-state index in [2.05, 4.69) is 22.2 Å². The van der Waals surface area contributed by atoms with Crippen molar-refractivity contribution in [2.75, 3.05) is 51.3 Å². The molecule has 6 rings (SSSR count). The van der Waals surface area contributed by atoms with Gasteiger partial charge in [0, 0.05) is 44.4 Å². The first-order valence-corrected chi connectivity index (χ1v) is 13.6. The SMILES string of the molecule is CN1CCN(C(=O)COc2ccc3c(c2)N(C(=O)Cc2ccc(C4=C5C=CC=CC5C(=O)N=N4)cc2)CC3)CC1. The zero-order valence-electron chi connectivity index (χ0n) is 22.5. The Balaban J connectivity index is 1.10. The van der Waals surface area contributed by atoms with Crippen LogP contribution in [0.2, 0.25) is 0 Å². The molecule has 2 aromatic carbocycles. The number of likely N-dealkylation sites (N-methyl/N-ethyl adjacent to an activating group) is 1. The molecule has 1 fully saturated rings. The normalized spacial score (nSPS) is 20.1. The van der Waals surface area contributed by atoms with Crippen LogP contribution in [0.15, 0.2) is 82.6 Å². The van der Waals surface area contributed by atoms with Gasteiger partial charge in [-0.25, -0.2) is 0 Å². The van der Waals surface area contributed by atoms with E-state index < -0.39 is 5.92 Å². The Morgan fingerprint density at radius 3 is 2.55 bits per heavy atom. The first-order chi connectivity index (χ1) is 19.5. The summed E-state index contributed by atoms with van der Waals surface area (Å²) in [5.41, 5.74) is 5.19. The summed E-state index contributed by atoms with van der Waals surface area (Å²) < 4.78 is 5.84. The number of piperazine rings is 1. The minimum Gasteiger partial charge on any atom is -0.484 e. The Kier molecular flexibility index (Phi) is 7.13. The molecule has 1 unspecified atom stereocenters. The maximum absolute atomic E-state index is 13.3. The molecule has 0 N–H and O–H groups in total. The highest BCUT2D eigenvalue weighted by Gasteiger charge is 2.28. The number of anilines is 1. The van der Waals surface area contributed by atoms with Crippen LogP contribution in [-0.4, -0.2) is 73.9 Å². The average molecular weight is 538 g/mol. The molecule has 0 saturated carbocycles. The number of ether oxygens (including phenoxy) is 1. The first kappa shape index (κ1) is 25.9. The fourth-order valence-electron chi connectivity index (χ4n) is 5.48. The second-order valence-electron chi connectivity index (χ2n) is 10.5. The Morgan fingerprint density at radius 1 is 0.950 bits per heavy atom. The molecule has 3 heterocycles. The number of azo groups is 1. The van der Waals surface area contributed by atoms with Crippen molar-refractivity contribution in [3.63, 3.8) is 0 Å². The zero-order valence-corrected chi connectivity index (χ0v) is 22.5. The lowest BCUT2D eigenvalue weighted by atomic mass is 9.89. The van der Waals surface area contributed by atoms with Crippen LogP contribution in [0.3, 0.4) is 0 Å². The lowest BCUT2D eigenvalue weighted by Gasteiger charge is -2.32. The van der Waals surface area contributed by atoms with Gasteiger partial charge in [0.25, 0.3) is 11.8 Å². The molecule has 0 aromatic heterocycles. The van der Waals surface area contributed by atoms with Gasteiger partial charge in [0.2, 0.25) is 5.91 Å². The largest absolute Gasteiger partial charge is 0.484 e. The molecule has 0 bridgehead atoms. The molecule has 9 nitrogen and oxygen atoms in total. The van der Waals surface area contributed by atoms with Crippen molar-refractivity contribution in [2.24, 2.45) is 16.1 Å². The first-order valence-electron chi connectivity index (χ1n) is 13.6. The van der Waals surface area contributed by atoms with Gasteiger partial charge in [-0.2, -0.15) is 0 Å². The maximum atomic E-state index is 13.3. The number of benzene rings is 2. The van der Waals surface area contributed by atoms with E-state index in [0.717, 1.165) is 47.5 Å². The summed E-state index contributed by atoms with van der Waals surface area (Å²) in [6.07, 6.45) is 8.51. The van der Waals surface area contributed by atoms with Crippen molar-refractivity contribution in [3.8, 4) is 5.75 Å². The van der Waals surface area contributed by atoms with E-state index in [1.54, 1.807) is 4.90 Å². The van der Waals surface area contributed by atoms with Gasteiger partial charge in [-0.3, -0.25) is 14.4 Å². The lowest BCUT2D eigenvalue weighted by molar-refractivity contribution is -0.135. The van der Waals surface area contributed by atoms with E-state index in [0.29, 0.717) is 31.1 Å². The number of amides is 3. The van der Waals surface area contributed by atoms with Gasteiger partial charge in [0.1, 0.15) is 5.75 Å². The molecule has 2 aromatic rings. The van der Waals surface area contributed by atoms with Gasteiger partial charge in [-0.05, 0) is 36.2 Å². The van der Waals surface area contributed by atoms with Crippen LogP contribution in [0.1, 0.15) is 16.7 Å². The van der Waals surface area contributed by atoms with Crippen LogP contribution in [0.4, 0.5) is 5.69 Å². The minimum absolute atomic E-state index is 0.00237. The molecule has 3 amide bonds. The summed E-state index contributed by atoms with van der Waals surface area (Å²) in [5, 5.41) is 7.99. The Morgan fingerprint density at radius 2 is 1.75 bits per heavy atom. The number of carbonyl (C=O) groups is 3. The fourth-order valence-corrected chi connectivity index (χ4v) is 5.48. The molecule has 9 heteroatoms. The molecule has 40 heavy (non-hydrogen) atoms. The summed E-state index contributed by atoms with van der Waals surface area (Å²) in [6.45, 7) is 3.76. The molecule has 3 aliphatic heterocycles. The lowest BCUT2D eigenvalue weighted by Crippen LogP contribution is -2.48. The van der Waals surface area contributed by atoms with Crippen molar-refractivity contribution in [3.05, 3.63) is 89.0 Å². The predicted octanol–water partition coefficient (Wildman–Crippen LogP) is 3.42. The molecule has 1 atom stereocenters. The van der Waals surface area contributed by atoms with E-state index in [1.807, 2.05) is 71.7 Å². The molecule has 4 aliphatic rings. The van der Waals surface area contributed by atoms with Gasteiger partial charge in [0.05, 0.1) is 23.7 Å². The van der Waals surface area contributed by atoms with Gasteiger partial charge in [0.15, 0.2) is 6.61 Å². The highest BCUT2D eigenvalue weighted by Crippen LogP contribution is 2.35. The van der Waals surface area contributed by atoms with Crippen molar-refractivity contribution < 1.29 is 19.1 Å². The van der Waals surface area contributed by atoms with Gasteiger partial charge in [-0.15, -0.1) is 10.2 Å². The number of carbonyl (C=O) groups excluding carboxylic acids is 3. The van der Waals surface area contributed by atoms with Gasteiger partial charge in [-0.1, -0.05) is 54.6 Å². The Hall–Kier alpha value is -4.37. The molecule has 1 saturated heterocycles. The van der Waals surface area contributed by atoms with E-state index in [-0.39, 0.29) is 30.7 Å². The number of allylic oxidation sites excluding steroid dienone is 3. The number of rotatable bonds is 6. The molecule has 0 spiro atoms. The molecule has 204 valence electrons.